The Morgan fingerprint density at radius 3 is 2.61 bits per heavy atom. The molecule has 0 aromatic heterocycles. The average Bonchev–Trinajstić information content (AvgIpc) is 3.01. The Balaban J connectivity index is 1.63. The van der Waals surface area contributed by atoms with E-state index in [9.17, 15) is 14.9 Å². The van der Waals surface area contributed by atoms with Gasteiger partial charge in [-0.25, -0.2) is 0 Å². The second-order valence-electron chi connectivity index (χ2n) is 4.74. The zero-order valence-electron chi connectivity index (χ0n) is 11.9. The van der Waals surface area contributed by atoms with E-state index in [4.69, 9.17) is 9.47 Å². The number of nitrogens with zero attached hydrogens (tertiary/aromatic N) is 1. The van der Waals surface area contributed by atoms with Crippen LogP contribution in [-0.4, -0.2) is 17.6 Å². The highest BCUT2D eigenvalue weighted by atomic mass is 16.7. The molecule has 0 fully saturated rings. The summed E-state index contributed by atoms with van der Waals surface area (Å²) in [5.74, 6) is 0.983. The van der Waals surface area contributed by atoms with Crippen LogP contribution in [0.5, 0.6) is 11.5 Å². The van der Waals surface area contributed by atoms with Crippen LogP contribution in [-0.2, 0) is 4.79 Å². The summed E-state index contributed by atoms with van der Waals surface area (Å²) in [7, 11) is 0. The first-order chi connectivity index (χ1) is 11.1. The molecule has 7 nitrogen and oxygen atoms in total. The van der Waals surface area contributed by atoms with E-state index in [1.165, 1.54) is 30.3 Å². The number of non-ortho nitro benzene ring substituents is 1. The molecule has 0 saturated carbocycles. The second-order valence-corrected chi connectivity index (χ2v) is 4.74. The lowest BCUT2D eigenvalue weighted by atomic mass is 10.2. The minimum Gasteiger partial charge on any atom is -0.454 e. The molecular formula is C16H12N2O5. The number of nitro benzene ring substituents is 1. The molecule has 1 amide bonds. The van der Waals surface area contributed by atoms with E-state index in [1.54, 1.807) is 18.2 Å². The maximum absolute atomic E-state index is 11.9. The van der Waals surface area contributed by atoms with Crippen LogP contribution in [0.25, 0.3) is 6.08 Å². The van der Waals surface area contributed by atoms with Crippen LogP contribution >= 0.6 is 0 Å². The van der Waals surface area contributed by atoms with Crippen molar-refractivity contribution in [2.45, 2.75) is 0 Å². The van der Waals surface area contributed by atoms with Crippen molar-refractivity contribution in [2.24, 2.45) is 0 Å². The molecule has 0 saturated heterocycles. The van der Waals surface area contributed by atoms with E-state index in [-0.39, 0.29) is 18.4 Å². The lowest BCUT2D eigenvalue weighted by Crippen LogP contribution is -2.07. The number of carbonyl (C=O) groups excluding carboxylic acids is 1. The van der Waals surface area contributed by atoms with Gasteiger partial charge in [0.25, 0.3) is 5.69 Å². The van der Waals surface area contributed by atoms with Crippen molar-refractivity contribution >= 4 is 23.4 Å². The zero-order valence-corrected chi connectivity index (χ0v) is 11.9. The Bertz CT molecular complexity index is 784. The molecule has 1 heterocycles. The standard InChI is InChI=1S/C16H12N2O5/c19-16(17-12-3-5-13(6-4-12)18(20)21)8-2-11-1-7-14-15(9-11)23-10-22-14/h1-9H,10H2,(H,17,19)/b8-2+. The molecule has 0 bridgehead atoms. The maximum atomic E-state index is 11.9. The van der Waals surface area contributed by atoms with Gasteiger partial charge in [0, 0.05) is 23.9 Å². The summed E-state index contributed by atoms with van der Waals surface area (Å²) in [5.41, 5.74) is 1.25. The topological polar surface area (TPSA) is 90.7 Å². The molecule has 7 heteroatoms. The first kappa shape index (κ1) is 14.6. The highest BCUT2D eigenvalue weighted by molar-refractivity contribution is 6.02. The van der Waals surface area contributed by atoms with Crippen molar-refractivity contribution in [3.05, 3.63) is 64.2 Å². The Morgan fingerprint density at radius 1 is 1.13 bits per heavy atom. The predicted molar refractivity (Wildman–Crippen MR) is 83.3 cm³/mol. The fraction of sp³-hybridized carbons (Fsp3) is 0.0625. The fourth-order valence-corrected chi connectivity index (χ4v) is 2.04. The molecule has 0 radical (unpaired) electrons. The zero-order chi connectivity index (χ0) is 16.2. The Labute approximate surface area is 131 Å². The number of benzene rings is 2. The van der Waals surface area contributed by atoms with Gasteiger partial charge in [-0.05, 0) is 35.9 Å². The van der Waals surface area contributed by atoms with Crippen LogP contribution in [0.15, 0.2) is 48.5 Å². The highest BCUT2D eigenvalue weighted by Gasteiger charge is 2.12. The summed E-state index contributed by atoms with van der Waals surface area (Å²) in [5, 5.41) is 13.2. The third kappa shape index (κ3) is 3.46. The van der Waals surface area contributed by atoms with Crippen LogP contribution in [0.2, 0.25) is 0 Å². The predicted octanol–water partition coefficient (Wildman–Crippen LogP) is 2.98. The van der Waals surface area contributed by atoms with Crippen molar-refractivity contribution in [2.75, 3.05) is 12.1 Å². The van der Waals surface area contributed by atoms with Crippen molar-refractivity contribution in [1.82, 2.24) is 0 Å². The third-order valence-corrected chi connectivity index (χ3v) is 3.17. The molecule has 2 aromatic rings. The Hall–Kier alpha value is -3.35. The smallest absolute Gasteiger partial charge is 0.269 e. The van der Waals surface area contributed by atoms with Crippen molar-refractivity contribution < 1.29 is 19.2 Å². The van der Waals surface area contributed by atoms with Crippen LogP contribution in [0, 0.1) is 10.1 Å². The summed E-state index contributed by atoms with van der Waals surface area (Å²) in [6.45, 7) is 0.198. The van der Waals surface area contributed by atoms with E-state index >= 15 is 0 Å². The molecule has 1 aliphatic rings. The lowest BCUT2D eigenvalue weighted by molar-refractivity contribution is -0.384. The van der Waals surface area contributed by atoms with Gasteiger partial charge in [0.05, 0.1) is 4.92 Å². The van der Waals surface area contributed by atoms with Crippen molar-refractivity contribution in [1.29, 1.82) is 0 Å². The van der Waals surface area contributed by atoms with Crippen LogP contribution in [0.4, 0.5) is 11.4 Å². The highest BCUT2D eigenvalue weighted by Crippen LogP contribution is 2.32. The van der Waals surface area contributed by atoms with Gasteiger partial charge in [0.2, 0.25) is 12.7 Å². The van der Waals surface area contributed by atoms with Gasteiger partial charge in [-0.15, -0.1) is 0 Å². The molecule has 3 rings (SSSR count). The van der Waals surface area contributed by atoms with Gasteiger partial charge >= 0.3 is 0 Å². The number of hydrogen-bond acceptors (Lipinski definition) is 5. The minimum absolute atomic E-state index is 0.0288. The normalized spacial score (nSPS) is 12.3. The first-order valence-corrected chi connectivity index (χ1v) is 6.75. The molecule has 0 spiro atoms. The largest absolute Gasteiger partial charge is 0.454 e. The monoisotopic (exact) mass is 312 g/mol. The van der Waals surface area contributed by atoms with Gasteiger partial charge in [-0.2, -0.15) is 0 Å². The number of rotatable bonds is 4. The van der Waals surface area contributed by atoms with Gasteiger partial charge in [-0.1, -0.05) is 6.07 Å². The van der Waals surface area contributed by atoms with Crippen molar-refractivity contribution in [3.8, 4) is 11.5 Å². The number of carbonyl (C=O) groups is 1. The Morgan fingerprint density at radius 2 is 1.87 bits per heavy atom. The van der Waals surface area contributed by atoms with Gasteiger partial charge in [-0.3, -0.25) is 14.9 Å². The molecule has 116 valence electrons. The van der Waals surface area contributed by atoms with Gasteiger partial charge in [0.1, 0.15) is 0 Å². The van der Waals surface area contributed by atoms with Crippen LogP contribution < -0.4 is 14.8 Å². The summed E-state index contributed by atoms with van der Waals surface area (Å²) in [6.07, 6.45) is 3.02. The maximum Gasteiger partial charge on any atom is 0.269 e. The quantitative estimate of drug-likeness (QED) is 0.532. The minimum atomic E-state index is -0.495. The summed E-state index contributed by atoms with van der Waals surface area (Å²) >= 11 is 0. The summed E-state index contributed by atoms with van der Waals surface area (Å²) in [6, 6.07) is 11.0. The van der Waals surface area contributed by atoms with E-state index in [0.29, 0.717) is 17.2 Å². The number of ether oxygens (including phenoxy) is 2. The fourth-order valence-electron chi connectivity index (χ4n) is 2.04. The number of fused-ring (bicyclic) bond motifs is 1. The third-order valence-electron chi connectivity index (χ3n) is 3.17. The van der Waals surface area contributed by atoms with Crippen LogP contribution in [0.3, 0.4) is 0 Å². The number of hydrogen-bond donors (Lipinski definition) is 1. The van der Waals surface area contributed by atoms with E-state index < -0.39 is 4.92 Å². The molecule has 0 unspecified atom stereocenters. The average molecular weight is 312 g/mol. The van der Waals surface area contributed by atoms with E-state index in [1.807, 2.05) is 6.07 Å². The molecule has 1 N–H and O–H groups in total. The molecule has 23 heavy (non-hydrogen) atoms. The number of amides is 1. The van der Waals surface area contributed by atoms with Gasteiger partial charge in [0.15, 0.2) is 11.5 Å². The molecule has 1 aliphatic heterocycles. The lowest BCUT2D eigenvalue weighted by Gasteiger charge is -2.01. The number of nitro groups is 1. The van der Waals surface area contributed by atoms with Crippen molar-refractivity contribution in [3.63, 3.8) is 0 Å². The molecule has 0 aliphatic carbocycles. The molecular weight excluding hydrogens is 300 g/mol. The molecule has 2 aromatic carbocycles. The van der Waals surface area contributed by atoms with Gasteiger partial charge < -0.3 is 14.8 Å². The van der Waals surface area contributed by atoms with Crippen LogP contribution in [0.1, 0.15) is 5.56 Å². The Kier molecular flexibility index (Phi) is 3.92. The number of anilines is 1. The first-order valence-electron chi connectivity index (χ1n) is 6.75. The number of nitrogens with one attached hydrogen (secondary N) is 1. The molecule has 0 atom stereocenters. The van der Waals surface area contributed by atoms with E-state index in [0.717, 1.165) is 5.56 Å². The van der Waals surface area contributed by atoms with E-state index in [2.05, 4.69) is 5.32 Å². The summed E-state index contributed by atoms with van der Waals surface area (Å²) in [4.78, 5) is 21.9. The second kappa shape index (κ2) is 6.18. The summed E-state index contributed by atoms with van der Waals surface area (Å²) < 4.78 is 10.5. The SMILES string of the molecule is O=C(/C=C/c1ccc2c(c1)OCO2)Nc1ccc([N+](=O)[O-])cc1.